The minimum absolute atomic E-state index is 0.0976. The Balaban J connectivity index is 2.02. The van der Waals surface area contributed by atoms with Gasteiger partial charge in [0.25, 0.3) is 0 Å². The molecule has 0 fully saturated rings. The standard InChI is InChI=1S/C19H22N2O/c1-3-5-10-19(22)20-14-11-12-18-16(13-14)15-8-6-7-9-17(15)21(18)4-2/h6-9,11-13H,3-5,10H2,1-2H3,(H,20,22). The molecule has 0 aliphatic heterocycles. The number of unbranched alkanes of at least 4 members (excludes halogenated alkanes) is 1. The molecule has 0 aliphatic rings. The maximum Gasteiger partial charge on any atom is 0.224 e. The number of rotatable bonds is 5. The highest BCUT2D eigenvalue weighted by Crippen LogP contribution is 2.30. The number of nitrogens with one attached hydrogen (secondary N) is 1. The number of para-hydroxylation sites is 1. The van der Waals surface area contributed by atoms with E-state index in [0.29, 0.717) is 6.42 Å². The molecule has 0 unspecified atom stereocenters. The highest BCUT2D eigenvalue weighted by atomic mass is 16.1. The fraction of sp³-hybridized carbons (Fsp3) is 0.316. The van der Waals surface area contributed by atoms with Gasteiger partial charge in [-0.15, -0.1) is 0 Å². The summed E-state index contributed by atoms with van der Waals surface area (Å²) in [5.41, 5.74) is 3.34. The second-order valence-corrected chi connectivity index (χ2v) is 5.65. The highest BCUT2D eigenvalue weighted by Gasteiger charge is 2.10. The van der Waals surface area contributed by atoms with Crippen LogP contribution in [0.1, 0.15) is 33.1 Å². The molecule has 1 N–H and O–H groups in total. The van der Waals surface area contributed by atoms with Gasteiger partial charge in [-0.25, -0.2) is 0 Å². The maximum atomic E-state index is 11.9. The molecule has 0 bridgehead atoms. The van der Waals surface area contributed by atoms with Crippen molar-refractivity contribution in [2.24, 2.45) is 0 Å². The summed E-state index contributed by atoms with van der Waals surface area (Å²) in [5.74, 6) is 0.0976. The van der Waals surface area contributed by atoms with E-state index in [-0.39, 0.29) is 5.91 Å². The first-order valence-electron chi connectivity index (χ1n) is 8.05. The lowest BCUT2D eigenvalue weighted by Crippen LogP contribution is -2.10. The number of carbonyl (C=O) groups is 1. The van der Waals surface area contributed by atoms with Crippen molar-refractivity contribution >= 4 is 33.4 Å². The smallest absolute Gasteiger partial charge is 0.224 e. The molecule has 0 radical (unpaired) electrons. The number of benzene rings is 2. The van der Waals surface area contributed by atoms with Gasteiger partial charge >= 0.3 is 0 Å². The number of aromatic nitrogens is 1. The van der Waals surface area contributed by atoms with Gasteiger partial charge in [-0.1, -0.05) is 31.5 Å². The van der Waals surface area contributed by atoms with E-state index in [0.717, 1.165) is 25.1 Å². The predicted molar refractivity (Wildman–Crippen MR) is 93.3 cm³/mol. The quantitative estimate of drug-likeness (QED) is 0.710. The van der Waals surface area contributed by atoms with Crippen LogP contribution in [0.5, 0.6) is 0 Å². The topological polar surface area (TPSA) is 34.0 Å². The number of fused-ring (bicyclic) bond motifs is 3. The average Bonchev–Trinajstić information content (AvgIpc) is 2.86. The fourth-order valence-electron chi connectivity index (χ4n) is 3.03. The Hall–Kier alpha value is -2.29. The van der Waals surface area contributed by atoms with E-state index in [9.17, 15) is 4.79 Å². The molecular weight excluding hydrogens is 272 g/mol. The minimum atomic E-state index is 0.0976. The van der Waals surface area contributed by atoms with Gasteiger partial charge in [0.1, 0.15) is 0 Å². The fourth-order valence-corrected chi connectivity index (χ4v) is 3.03. The molecule has 0 atom stereocenters. The first-order valence-corrected chi connectivity index (χ1v) is 8.05. The minimum Gasteiger partial charge on any atom is -0.341 e. The molecule has 0 saturated heterocycles. The van der Waals surface area contributed by atoms with Crippen LogP contribution in [0.4, 0.5) is 5.69 Å². The lowest BCUT2D eigenvalue weighted by atomic mass is 10.1. The van der Waals surface area contributed by atoms with Crippen LogP contribution < -0.4 is 5.32 Å². The molecule has 1 aromatic heterocycles. The van der Waals surface area contributed by atoms with Crippen molar-refractivity contribution in [2.45, 2.75) is 39.7 Å². The van der Waals surface area contributed by atoms with E-state index < -0.39 is 0 Å². The Kier molecular flexibility index (Phi) is 4.14. The zero-order valence-corrected chi connectivity index (χ0v) is 13.2. The SMILES string of the molecule is CCCCC(=O)Nc1ccc2c(c1)c1ccccc1n2CC. The largest absolute Gasteiger partial charge is 0.341 e. The number of nitrogens with zero attached hydrogens (tertiary/aromatic N) is 1. The van der Waals surface area contributed by atoms with Gasteiger partial charge in [0, 0.05) is 40.5 Å². The van der Waals surface area contributed by atoms with Crippen LogP contribution in [0.2, 0.25) is 0 Å². The number of anilines is 1. The molecule has 0 spiro atoms. The number of aryl methyl sites for hydroxylation is 1. The van der Waals surface area contributed by atoms with E-state index in [4.69, 9.17) is 0 Å². The van der Waals surface area contributed by atoms with E-state index in [1.165, 1.54) is 21.8 Å². The molecule has 3 rings (SSSR count). The molecule has 3 heteroatoms. The first-order chi connectivity index (χ1) is 10.7. The molecule has 3 aromatic rings. The van der Waals surface area contributed by atoms with E-state index in [1.807, 2.05) is 6.07 Å². The Bertz CT molecular complexity index is 817. The van der Waals surface area contributed by atoms with Crippen LogP contribution >= 0.6 is 0 Å². The third-order valence-corrected chi connectivity index (χ3v) is 4.13. The summed E-state index contributed by atoms with van der Waals surface area (Å²) in [6.45, 7) is 5.19. The normalized spacial score (nSPS) is 11.2. The van der Waals surface area contributed by atoms with E-state index in [1.54, 1.807) is 0 Å². The monoisotopic (exact) mass is 294 g/mol. The zero-order valence-electron chi connectivity index (χ0n) is 13.2. The second kappa shape index (κ2) is 6.22. The van der Waals surface area contributed by atoms with Crippen molar-refractivity contribution in [3.05, 3.63) is 42.5 Å². The highest BCUT2D eigenvalue weighted by molar-refractivity contribution is 6.09. The number of hydrogen-bond acceptors (Lipinski definition) is 1. The first kappa shape index (κ1) is 14.6. The molecule has 1 amide bonds. The van der Waals surface area contributed by atoms with Crippen LogP contribution in [0, 0.1) is 0 Å². The van der Waals surface area contributed by atoms with Gasteiger partial charge in [-0.3, -0.25) is 4.79 Å². The summed E-state index contributed by atoms with van der Waals surface area (Å²) >= 11 is 0. The molecule has 2 aromatic carbocycles. The average molecular weight is 294 g/mol. The van der Waals surface area contributed by atoms with Crippen LogP contribution in [-0.2, 0) is 11.3 Å². The third-order valence-electron chi connectivity index (χ3n) is 4.13. The Morgan fingerprint density at radius 2 is 1.82 bits per heavy atom. The van der Waals surface area contributed by atoms with Crippen LogP contribution in [0.3, 0.4) is 0 Å². The van der Waals surface area contributed by atoms with Gasteiger partial charge in [0.15, 0.2) is 0 Å². The van der Waals surface area contributed by atoms with Gasteiger partial charge in [0.05, 0.1) is 0 Å². The van der Waals surface area contributed by atoms with Crippen molar-refractivity contribution in [1.29, 1.82) is 0 Å². The van der Waals surface area contributed by atoms with E-state index >= 15 is 0 Å². The lowest BCUT2D eigenvalue weighted by molar-refractivity contribution is -0.116. The Morgan fingerprint density at radius 3 is 2.59 bits per heavy atom. The number of carbonyl (C=O) groups excluding carboxylic acids is 1. The van der Waals surface area contributed by atoms with Gasteiger partial charge in [-0.05, 0) is 37.6 Å². The summed E-state index contributed by atoms with van der Waals surface area (Å²) in [6.07, 6.45) is 2.56. The van der Waals surface area contributed by atoms with Gasteiger partial charge in [0.2, 0.25) is 5.91 Å². The van der Waals surface area contributed by atoms with Crippen LogP contribution in [-0.4, -0.2) is 10.5 Å². The molecule has 0 saturated carbocycles. The van der Waals surface area contributed by atoms with Crippen molar-refractivity contribution in [2.75, 3.05) is 5.32 Å². The van der Waals surface area contributed by atoms with Crippen molar-refractivity contribution in [3.8, 4) is 0 Å². The van der Waals surface area contributed by atoms with Gasteiger partial charge in [-0.2, -0.15) is 0 Å². The lowest BCUT2D eigenvalue weighted by Gasteiger charge is -2.06. The van der Waals surface area contributed by atoms with E-state index in [2.05, 4.69) is 60.1 Å². The predicted octanol–water partition coefficient (Wildman–Crippen LogP) is 4.94. The molecule has 1 heterocycles. The van der Waals surface area contributed by atoms with Crippen molar-refractivity contribution < 1.29 is 4.79 Å². The summed E-state index contributed by atoms with van der Waals surface area (Å²) in [5, 5.41) is 5.45. The second-order valence-electron chi connectivity index (χ2n) is 5.65. The summed E-state index contributed by atoms with van der Waals surface area (Å²) in [7, 11) is 0. The molecule has 114 valence electrons. The molecule has 3 nitrogen and oxygen atoms in total. The van der Waals surface area contributed by atoms with Crippen LogP contribution in [0.15, 0.2) is 42.5 Å². The zero-order chi connectivity index (χ0) is 15.5. The maximum absolute atomic E-state index is 11.9. The summed E-state index contributed by atoms with van der Waals surface area (Å²) < 4.78 is 2.31. The Morgan fingerprint density at radius 1 is 1.05 bits per heavy atom. The number of amides is 1. The summed E-state index contributed by atoms with van der Waals surface area (Å²) in [4.78, 5) is 11.9. The molecule has 22 heavy (non-hydrogen) atoms. The molecule has 0 aliphatic carbocycles. The molecular formula is C19H22N2O. The van der Waals surface area contributed by atoms with Crippen LogP contribution in [0.25, 0.3) is 21.8 Å². The third kappa shape index (κ3) is 2.59. The number of hydrogen-bond donors (Lipinski definition) is 1. The van der Waals surface area contributed by atoms with Crippen molar-refractivity contribution in [3.63, 3.8) is 0 Å². The Labute approximate surface area is 130 Å². The van der Waals surface area contributed by atoms with Gasteiger partial charge < -0.3 is 9.88 Å². The van der Waals surface area contributed by atoms with Crippen molar-refractivity contribution in [1.82, 2.24) is 4.57 Å². The summed E-state index contributed by atoms with van der Waals surface area (Å²) in [6, 6.07) is 14.6.